The van der Waals surface area contributed by atoms with Gasteiger partial charge in [0.2, 0.25) is 5.91 Å². The maximum Gasteiger partial charge on any atom is 0.313 e. The van der Waals surface area contributed by atoms with Crippen molar-refractivity contribution in [2.24, 2.45) is 28.5 Å². The number of fused-ring (bicyclic) bond motifs is 1. The van der Waals surface area contributed by atoms with Crippen molar-refractivity contribution in [3.05, 3.63) is 83.8 Å². The molecule has 12 nitrogen and oxygen atoms in total. The number of nitrogens with one attached hydrogen (secondary N) is 1. The van der Waals surface area contributed by atoms with Crippen LogP contribution in [0, 0.1) is 0 Å². The van der Waals surface area contributed by atoms with Gasteiger partial charge in [-0.25, -0.2) is 15.0 Å². The van der Waals surface area contributed by atoms with Crippen molar-refractivity contribution in [3.63, 3.8) is 0 Å². The second-order valence-electron chi connectivity index (χ2n) is 8.79. The number of nitrogens with two attached hydrogens (primary N) is 2. The van der Waals surface area contributed by atoms with E-state index in [1.54, 1.807) is 43.6 Å². The van der Waals surface area contributed by atoms with E-state index < -0.39 is 5.91 Å². The summed E-state index contributed by atoms with van der Waals surface area (Å²) in [5, 5.41) is 3.36. The molecule has 4 rings (SSSR count). The molecular formula is C28H31N9O3. The van der Waals surface area contributed by atoms with Crippen molar-refractivity contribution in [2.45, 2.75) is 13.0 Å². The number of methoxy groups -OCH3 is 1. The van der Waals surface area contributed by atoms with Gasteiger partial charge in [0.1, 0.15) is 17.5 Å². The van der Waals surface area contributed by atoms with Crippen LogP contribution >= 0.6 is 0 Å². The van der Waals surface area contributed by atoms with Crippen molar-refractivity contribution >= 4 is 46.2 Å². The summed E-state index contributed by atoms with van der Waals surface area (Å²) in [7, 11) is 4.98. The van der Waals surface area contributed by atoms with Gasteiger partial charge >= 0.3 is 6.02 Å². The second-order valence-corrected chi connectivity index (χ2v) is 8.79. The number of rotatable bonds is 9. The van der Waals surface area contributed by atoms with E-state index in [4.69, 9.17) is 21.2 Å². The second kappa shape index (κ2) is 12.5. The summed E-state index contributed by atoms with van der Waals surface area (Å²) in [6.45, 7) is 0.572. The first kappa shape index (κ1) is 27.8. The van der Waals surface area contributed by atoms with Crippen LogP contribution in [0.1, 0.15) is 28.2 Å². The molecule has 0 saturated heterocycles. The molecule has 2 aromatic heterocycles. The summed E-state index contributed by atoms with van der Waals surface area (Å²) in [6.07, 6.45) is 1.61. The summed E-state index contributed by atoms with van der Waals surface area (Å²) < 4.78 is 7.00. The molecule has 40 heavy (non-hydrogen) atoms. The number of pyridine rings is 1. The zero-order valence-corrected chi connectivity index (χ0v) is 22.5. The fraction of sp³-hybridized carbons (Fsp3) is 0.214. The average molecular weight is 542 g/mol. The first-order chi connectivity index (χ1) is 19.3. The predicted octanol–water partition coefficient (Wildman–Crippen LogP) is 2.44. The summed E-state index contributed by atoms with van der Waals surface area (Å²) in [6, 6.07) is 18.3. The van der Waals surface area contributed by atoms with Crippen molar-refractivity contribution in [3.8, 4) is 0 Å². The average Bonchev–Trinajstić information content (AvgIpc) is 3.29. The SMILES string of the molecule is CN=C(/N=C(/N)c1ccc(NCc2nc3cc(C(=O)N(CCC(N)=O)c4ccccn4)ccc3n2C)cc1)OC. The van der Waals surface area contributed by atoms with Crippen molar-refractivity contribution < 1.29 is 14.3 Å². The molecule has 206 valence electrons. The molecule has 2 heterocycles. The van der Waals surface area contributed by atoms with E-state index in [-0.39, 0.29) is 24.9 Å². The Morgan fingerprint density at radius 3 is 2.48 bits per heavy atom. The van der Waals surface area contributed by atoms with Crippen LogP contribution < -0.4 is 21.7 Å². The Hall–Kier alpha value is -5.26. The number of aryl methyl sites for hydroxylation is 1. The molecule has 0 unspecified atom stereocenters. The van der Waals surface area contributed by atoms with Crippen LogP contribution in [0.3, 0.4) is 0 Å². The number of amidine groups is 2. The number of primary amides is 1. The molecule has 0 atom stereocenters. The Morgan fingerprint density at radius 1 is 1.07 bits per heavy atom. The quantitative estimate of drug-likeness (QED) is 0.216. The number of carbonyl (C=O) groups is 2. The Balaban J connectivity index is 1.50. The Labute approximate surface area is 231 Å². The number of hydrogen-bond donors (Lipinski definition) is 3. The van der Waals surface area contributed by atoms with E-state index in [1.165, 1.54) is 12.0 Å². The zero-order valence-electron chi connectivity index (χ0n) is 22.5. The summed E-state index contributed by atoms with van der Waals surface area (Å²) in [5.41, 5.74) is 15.0. The number of imidazole rings is 1. The minimum atomic E-state index is -0.497. The highest BCUT2D eigenvalue weighted by molar-refractivity contribution is 6.07. The maximum atomic E-state index is 13.4. The molecule has 0 saturated carbocycles. The van der Waals surface area contributed by atoms with Crippen molar-refractivity contribution in [1.29, 1.82) is 0 Å². The molecule has 0 bridgehead atoms. The van der Waals surface area contributed by atoms with E-state index in [0.29, 0.717) is 29.3 Å². The number of ether oxygens (including phenoxy) is 1. The first-order valence-electron chi connectivity index (χ1n) is 12.5. The Morgan fingerprint density at radius 2 is 1.82 bits per heavy atom. The summed E-state index contributed by atoms with van der Waals surface area (Å²) in [5.74, 6) is 0.729. The van der Waals surface area contributed by atoms with Crippen LogP contribution in [0.5, 0.6) is 0 Å². The molecule has 0 fully saturated rings. The molecule has 0 spiro atoms. The van der Waals surface area contributed by atoms with Gasteiger partial charge in [-0.15, -0.1) is 0 Å². The van der Waals surface area contributed by atoms with Crippen LogP contribution in [-0.2, 0) is 23.1 Å². The van der Waals surface area contributed by atoms with Crippen LogP contribution in [0.2, 0.25) is 0 Å². The van der Waals surface area contributed by atoms with Gasteiger partial charge in [-0.2, -0.15) is 4.99 Å². The monoisotopic (exact) mass is 541 g/mol. The maximum absolute atomic E-state index is 13.4. The van der Waals surface area contributed by atoms with Crippen LogP contribution in [0.25, 0.3) is 11.0 Å². The fourth-order valence-corrected chi connectivity index (χ4v) is 4.05. The number of aromatic nitrogens is 3. The van der Waals surface area contributed by atoms with Crippen LogP contribution in [-0.4, -0.2) is 58.9 Å². The van der Waals surface area contributed by atoms with Gasteiger partial charge in [0, 0.05) is 50.1 Å². The van der Waals surface area contributed by atoms with E-state index in [2.05, 4.69) is 20.3 Å². The number of anilines is 2. The molecule has 0 radical (unpaired) electrons. The molecule has 2 amide bonds. The standard InChI is InChI=1S/C28H31N9O3/c1-31-28(40-3)35-26(30)18-7-10-20(11-8-18)33-17-25-34-21-16-19(9-12-22(21)36(25)2)27(39)37(15-13-23(29)38)24-6-4-5-14-32-24/h4-12,14,16,33H,13,15,17H2,1-3H3,(H2,29,38)(H2,30,31,35). The lowest BCUT2D eigenvalue weighted by Gasteiger charge is -2.21. The third kappa shape index (κ3) is 6.41. The van der Waals surface area contributed by atoms with Gasteiger partial charge in [0.15, 0.2) is 0 Å². The molecule has 2 aromatic carbocycles. The van der Waals surface area contributed by atoms with Gasteiger partial charge in [-0.3, -0.25) is 14.5 Å². The van der Waals surface area contributed by atoms with Gasteiger partial charge in [-0.05, 0) is 54.6 Å². The normalized spacial score (nSPS) is 11.9. The number of hydrogen-bond acceptors (Lipinski definition) is 7. The summed E-state index contributed by atoms with van der Waals surface area (Å²) >= 11 is 0. The van der Waals surface area contributed by atoms with Crippen molar-refractivity contribution in [2.75, 3.05) is 30.9 Å². The molecular weight excluding hydrogens is 510 g/mol. The largest absolute Gasteiger partial charge is 0.467 e. The lowest BCUT2D eigenvalue weighted by molar-refractivity contribution is -0.117. The number of amides is 2. The first-order valence-corrected chi connectivity index (χ1v) is 12.5. The fourth-order valence-electron chi connectivity index (χ4n) is 4.05. The Kier molecular flexibility index (Phi) is 8.69. The molecule has 12 heteroatoms. The van der Waals surface area contributed by atoms with Gasteiger partial charge in [0.25, 0.3) is 5.91 Å². The smallest absolute Gasteiger partial charge is 0.313 e. The zero-order chi connectivity index (χ0) is 28.6. The molecule has 4 aromatic rings. The number of aliphatic imine (C=N–C) groups is 2. The Bertz CT molecular complexity index is 1560. The van der Waals surface area contributed by atoms with E-state index in [1.807, 2.05) is 41.9 Å². The molecule has 5 N–H and O–H groups in total. The van der Waals surface area contributed by atoms with E-state index >= 15 is 0 Å². The third-order valence-electron chi connectivity index (χ3n) is 6.19. The molecule has 0 aliphatic rings. The van der Waals surface area contributed by atoms with Gasteiger partial charge < -0.3 is 26.1 Å². The third-order valence-corrected chi connectivity index (χ3v) is 6.19. The summed E-state index contributed by atoms with van der Waals surface area (Å²) in [4.78, 5) is 43.3. The predicted molar refractivity (Wildman–Crippen MR) is 155 cm³/mol. The topological polar surface area (TPSA) is 166 Å². The minimum absolute atomic E-state index is 0.0194. The van der Waals surface area contributed by atoms with Gasteiger partial charge in [0.05, 0.1) is 24.7 Å². The highest BCUT2D eigenvalue weighted by Gasteiger charge is 2.21. The van der Waals surface area contributed by atoms with Crippen LogP contribution in [0.4, 0.5) is 11.5 Å². The molecule has 0 aliphatic carbocycles. The highest BCUT2D eigenvalue weighted by Crippen LogP contribution is 2.21. The van der Waals surface area contributed by atoms with Crippen LogP contribution in [0.15, 0.2) is 76.8 Å². The van der Waals surface area contributed by atoms with Crippen molar-refractivity contribution in [1.82, 2.24) is 14.5 Å². The van der Waals surface area contributed by atoms with Gasteiger partial charge in [-0.1, -0.05) is 6.07 Å². The molecule has 0 aliphatic heterocycles. The number of carbonyl (C=O) groups excluding carboxylic acids is 2. The minimum Gasteiger partial charge on any atom is -0.467 e. The number of benzene rings is 2. The van der Waals surface area contributed by atoms with E-state index in [0.717, 1.165) is 22.6 Å². The number of nitrogens with zero attached hydrogens (tertiary/aromatic N) is 6. The lowest BCUT2D eigenvalue weighted by Crippen LogP contribution is -2.34. The van der Waals surface area contributed by atoms with E-state index in [9.17, 15) is 9.59 Å². The highest BCUT2D eigenvalue weighted by atomic mass is 16.5. The lowest BCUT2D eigenvalue weighted by atomic mass is 10.1.